The number of hydrogen-bond acceptors (Lipinski definition) is 5. The summed E-state index contributed by atoms with van der Waals surface area (Å²) in [7, 11) is 0. The Bertz CT molecular complexity index is 653. The highest BCUT2D eigenvalue weighted by molar-refractivity contribution is 5.98. The zero-order valence-electron chi connectivity index (χ0n) is 15.6. The first-order chi connectivity index (χ1) is 12.6. The van der Waals surface area contributed by atoms with Crippen LogP contribution in [-0.2, 0) is 4.79 Å². The third-order valence-electron chi connectivity index (χ3n) is 5.20. The van der Waals surface area contributed by atoms with E-state index in [1.54, 1.807) is 6.07 Å². The van der Waals surface area contributed by atoms with Crippen molar-refractivity contribution in [1.29, 1.82) is 0 Å². The van der Waals surface area contributed by atoms with Gasteiger partial charge in [-0.3, -0.25) is 14.5 Å². The van der Waals surface area contributed by atoms with Gasteiger partial charge in [-0.1, -0.05) is 6.92 Å². The Kier molecular flexibility index (Phi) is 6.14. The van der Waals surface area contributed by atoms with Crippen LogP contribution in [-0.4, -0.2) is 55.5 Å². The molecule has 1 aromatic carbocycles. The van der Waals surface area contributed by atoms with Crippen LogP contribution >= 0.6 is 0 Å². The van der Waals surface area contributed by atoms with Gasteiger partial charge in [0.2, 0.25) is 5.91 Å². The van der Waals surface area contributed by atoms with Crippen molar-refractivity contribution in [3.05, 3.63) is 23.8 Å². The largest absolute Gasteiger partial charge is 0.486 e. The molecule has 6 heteroatoms. The normalized spacial score (nSPS) is 19.0. The van der Waals surface area contributed by atoms with Gasteiger partial charge in [-0.2, -0.15) is 0 Å². The molecular weight excluding hydrogens is 332 g/mol. The number of nitrogens with zero attached hydrogens (tertiary/aromatic N) is 1. The van der Waals surface area contributed by atoms with Crippen molar-refractivity contribution >= 4 is 11.7 Å². The number of Topliss-reactive ketones (excluding diaryl/α,β-unsaturated/α-hetero) is 1. The Labute approximate surface area is 154 Å². The number of piperidine rings is 1. The van der Waals surface area contributed by atoms with Gasteiger partial charge < -0.3 is 14.8 Å². The van der Waals surface area contributed by atoms with Gasteiger partial charge in [-0.25, -0.2) is 0 Å². The van der Waals surface area contributed by atoms with Crippen molar-refractivity contribution in [2.75, 3.05) is 32.8 Å². The molecule has 0 radical (unpaired) electrons. The molecule has 0 aromatic heterocycles. The molecule has 3 rings (SSSR count). The number of rotatable bonds is 6. The van der Waals surface area contributed by atoms with E-state index in [0.29, 0.717) is 36.8 Å². The zero-order chi connectivity index (χ0) is 18.5. The van der Waals surface area contributed by atoms with Crippen LogP contribution in [0, 0.1) is 5.92 Å². The lowest BCUT2D eigenvalue weighted by atomic mass is 9.88. The molecule has 0 bridgehead atoms. The molecule has 0 spiro atoms. The van der Waals surface area contributed by atoms with Crippen molar-refractivity contribution in [3.63, 3.8) is 0 Å². The van der Waals surface area contributed by atoms with Gasteiger partial charge in [0.15, 0.2) is 17.3 Å². The third kappa shape index (κ3) is 4.18. The summed E-state index contributed by atoms with van der Waals surface area (Å²) >= 11 is 0. The minimum atomic E-state index is -0.146. The van der Waals surface area contributed by atoms with E-state index in [2.05, 4.69) is 10.2 Å². The smallest absolute Gasteiger partial charge is 0.237 e. The number of ketones is 1. The van der Waals surface area contributed by atoms with E-state index in [4.69, 9.17) is 9.47 Å². The summed E-state index contributed by atoms with van der Waals surface area (Å²) in [6.45, 7) is 7.28. The van der Waals surface area contributed by atoms with Crippen LogP contribution in [0.1, 0.15) is 43.5 Å². The predicted molar refractivity (Wildman–Crippen MR) is 98.8 cm³/mol. The topological polar surface area (TPSA) is 67.9 Å². The molecule has 0 aliphatic carbocycles. The average Bonchev–Trinajstić information content (AvgIpc) is 2.70. The highest BCUT2D eigenvalue weighted by atomic mass is 16.6. The van der Waals surface area contributed by atoms with Gasteiger partial charge in [-0.15, -0.1) is 0 Å². The minimum absolute atomic E-state index is 0.000267. The molecule has 26 heavy (non-hydrogen) atoms. The fourth-order valence-corrected chi connectivity index (χ4v) is 3.54. The van der Waals surface area contributed by atoms with E-state index in [-0.39, 0.29) is 23.7 Å². The van der Waals surface area contributed by atoms with Crippen LogP contribution in [0.3, 0.4) is 0 Å². The highest BCUT2D eigenvalue weighted by Gasteiger charge is 2.30. The molecular formula is C20H28N2O4. The van der Waals surface area contributed by atoms with Crippen LogP contribution in [0.5, 0.6) is 11.5 Å². The molecule has 1 amide bonds. The van der Waals surface area contributed by atoms with Crippen LogP contribution in [0.2, 0.25) is 0 Å². The number of carbonyl (C=O) groups is 2. The first-order valence-electron chi connectivity index (χ1n) is 9.55. The number of carbonyl (C=O) groups excluding carboxylic acids is 2. The first-order valence-corrected chi connectivity index (χ1v) is 9.55. The fourth-order valence-electron chi connectivity index (χ4n) is 3.54. The highest BCUT2D eigenvalue weighted by Crippen LogP contribution is 2.32. The number of hydrogen-bond donors (Lipinski definition) is 1. The Morgan fingerprint density at radius 3 is 2.58 bits per heavy atom. The van der Waals surface area contributed by atoms with Crippen molar-refractivity contribution in [3.8, 4) is 11.5 Å². The summed E-state index contributed by atoms with van der Waals surface area (Å²) in [5, 5.41) is 2.94. The number of benzene rings is 1. The summed E-state index contributed by atoms with van der Waals surface area (Å²) in [5.74, 6) is 1.59. The third-order valence-corrected chi connectivity index (χ3v) is 5.20. The van der Waals surface area contributed by atoms with E-state index in [1.807, 2.05) is 26.0 Å². The van der Waals surface area contributed by atoms with Crippen LogP contribution in [0.4, 0.5) is 0 Å². The number of likely N-dealkylation sites (tertiary alicyclic amines) is 1. The number of ether oxygens (including phenoxy) is 2. The standard InChI is InChI=1S/C20H28N2O4/c1-3-8-21-20(24)14(2)22-9-6-15(7-10-22)19(23)16-4-5-17-18(13-16)26-12-11-25-17/h4-5,13-15H,3,6-12H2,1-2H3,(H,21,24)/t14-/m0/s1. The van der Waals surface area contributed by atoms with E-state index in [0.717, 1.165) is 32.4 Å². The zero-order valence-corrected chi connectivity index (χ0v) is 15.6. The fraction of sp³-hybridized carbons (Fsp3) is 0.600. The maximum absolute atomic E-state index is 12.8. The number of nitrogens with one attached hydrogen (secondary N) is 1. The second-order valence-electron chi connectivity index (χ2n) is 7.00. The van der Waals surface area contributed by atoms with Crippen molar-refractivity contribution in [1.82, 2.24) is 10.2 Å². The molecule has 2 heterocycles. The molecule has 1 atom stereocenters. The van der Waals surface area contributed by atoms with Crippen LogP contribution < -0.4 is 14.8 Å². The van der Waals surface area contributed by atoms with Crippen LogP contribution in [0.15, 0.2) is 18.2 Å². The lowest BCUT2D eigenvalue weighted by Crippen LogP contribution is -2.49. The van der Waals surface area contributed by atoms with E-state index < -0.39 is 0 Å². The number of fused-ring (bicyclic) bond motifs is 1. The van der Waals surface area contributed by atoms with Crippen molar-refractivity contribution in [2.24, 2.45) is 5.92 Å². The van der Waals surface area contributed by atoms with Crippen LogP contribution in [0.25, 0.3) is 0 Å². The summed E-state index contributed by atoms with van der Waals surface area (Å²) in [6.07, 6.45) is 2.49. The van der Waals surface area contributed by atoms with Gasteiger partial charge in [-0.05, 0) is 57.5 Å². The Hall–Kier alpha value is -2.08. The van der Waals surface area contributed by atoms with Gasteiger partial charge >= 0.3 is 0 Å². The molecule has 6 nitrogen and oxygen atoms in total. The van der Waals surface area contributed by atoms with Gasteiger partial charge in [0.05, 0.1) is 6.04 Å². The average molecular weight is 360 g/mol. The molecule has 142 valence electrons. The lowest BCUT2D eigenvalue weighted by molar-refractivity contribution is -0.126. The van der Waals surface area contributed by atoms with Crippen molar-refractivity contribution < 1.29 is 19.1 Å². The minimum Gasteiger partial charge on any atom is -0.486 e. The summed E-state index contributed by atoms with van der Waals surface area (Å²) in [5.41, 5.74) is 0.682. The maximum Gasteiger partial charge on any atom is 0.237 e. The van der Waals surface area contributed by atoms with Crippen molar-refractivity contribution in [2.45, 2.75) is 39.2 Å². The number of amides is 1. The van der Waals surface area contributed by atoms with E-state index >= 15 is 0 Å². The van der Waals surface area contributed by atoms with Gasteiger partial charge in [0, 0.05) is 18.0 Å². The molecule has 0 unspecified atom stereocenters. The van der Waals surface area contributed by atoms with E-state index in [9.17, 15) is 9.59 Å². The SMILES string of the molecule is CCCNC(=O)[C@H](C)N1CCC(C(=O)c2ccc3c(c2)OCCO3)CC1. The monoisotopic (exact) mass is 360 g/mol. The molecule has 0 saturated carbocycles. The second-order valence-corrected chi connectivity index (χ2v) is 7.00. The molecule has 1 saturated heterocycles. The molecule has 2 aliphatic rings. The molecule has 1 fully saturated rings. The quantitative estimate of drug-likeness (QED) is 0.788. The predicted octanol–water partition coefficient (Wildman–Crippen LogP) is 2.27. The van der Waals surface area contributed by atoms with E-state index in [1.165, 1.54) is 0 Å². The molecule has 2 aliphatic heterocycles. The second kappa shape index (κ2) is 8.54. The Morgan fingerprint density at radius 1 is 1.19 bits per heavy atom. The first kappa shape index (κ1) is 18.7. The Morgan fingerprint density at radius 2 is 1.88 bits per heavy atom. The summed E-state index contributed by atoms with van der Waals surface area (Å²) in [4.78, 5) is 27.1. The summed E-state index contributed by atoms with van der Waals surface area (Å²) < 4.78 is 11.1. The maximum atomic E-state index is 12.8. The Balaban J connectivity index is 1.56. The molecule has 1 N–H and O–H groups in total. The lowest BCUT2D eigenvalue weighted by Gasteiger charge is -2.34. The summed E-state index contributed by atoms with van der Waals surface area (Å²) in [6, 6.07) is 5.29. The van der Waals surface area contributed by atoms with Gasteiger partial charge in [0.25, 0.3) is 0 Å². The van der Waals surface area contributed by atoms with Gasteiger partial charge in [0.1, 0.15) is 13.2 Å². The molecule has 1 aromatic rings.